The third-order valence-corrected chi connectivity index (χ3v) is 2.64. The van der Waals surface area contributed by atoms with E-state index in [1.165, 1.54) is 0 Å². The third-order valence-electron chi connectivity index (χ3n) is 2.64. The molecule has 5 heteroatoms. The lowest BCUT2D eigenvalue weighted by Crippen LogP contribution is -2.52. The molecule has 0 saturated carbocycles. The van der Waals surface area contributed by atoms with Gasteiger partial charge >= 0.3 is 5.97 Å². The van der Waals surface area contributed by atoms with Crippen LogP contribution in [0.15, 0.2) is 0 Å². The highest BCUT2D eigenvalue weighted by molar-refractivity contribution is 5.86. The molecule has 1 amide bonds. The number of hydrogen-bond donors (Lipinski definition) is 3. The Balaban J connectivity index is 4.20. The van der Waals surface area contributed by atoms with Gasteiger partial charge in [-0.1, -0.05) is 20.3 Å². The largest absolute Gasteiger partial charge is 0.481 e. The SMILES string of the molecule is CCCC(C)(N)C(=O)NCC(CC)C(=O)O. The molecule has 16 heavy (non-hydrogen) atoms. The first-order chi connectivity index (χ1) is 7.35. The lowest BCUT2D eigenvalue weighted by Gasteiger charge is -2.23. The van der Waals surface area contributed by atoms with Crippen molar-refractivity contribution in [3.8, 4) is 0 Å². The molecule has 2 atom stereocenters. The smallest absolute Gasteiger partial charge is 0.308 e. The van der Waals surface area contributed by atoms with Crippen LogP contribution in [0.5, 0.6) is 0 Å². The summed E-state index contributed by atoms with van der Waals surface area (Å²) in [5, 5.41) is 11.4. The van der Waals surface area contributed by atoms with E-state index in [1.54, 1.807) is 13.8 Å². The predicted molar refractivity (Wildman–Crippen MR) is 61.9 cm³/mol. The topological polar surface area (TPSA) is 92.4 Å². The van der Waals surface area contributed by atoms with Crippen molar-refractivity contribution in [2.45, 2.75) is 45.6 Å². The number of carbonyl (C=O) groups excluding carboxylic acids is 1. The molecule has 0 aromatic carbocycles. The van der Waals surface area contributed by atoms with Gasteiger partial charge in [0.15, 0.2) is 0 Å². The molecule has 0 aromatic rings. The zero-order valence-corrected chi connectivity index (χ0v) is 10.2. The van der Waals surface area contributed by atoms with Gasteiger partial charge in [-0.25, -0.2) is 0 Å². The van der Waals surface area contributed by atoms with Gasteiger partial charge in [-0.3, -0.25) is 9.59 Å². The van der Waals surface area contributed by atoms with E-state index < -0.39 is 17.4 Å². The minimum Gasteiger partial charge on any atom is -0.481 e. The Morgan fingerprint density at radius 1 is 1.44 bits per heavy atom. The molecule has 0 bridgehead atoms. The molecule has 94 valence electrons. The zero-order valence-electron chi connectivity index (χ0n) is 10.2. The fourth-order valence-corrected chi connectivity index (χ4v) is 1.46. The molecule has 0 aliphatic carbocycles. The van der Waals surface area contributed by atoms with Crippen LogP contribution in [-0.4, -0.2) is 29.1 Å². The van der Waals surface area contributed by atoms with Crippen LogP contribution >= 0.6 is 0 Å². The highest BCUT2D eigenvalue weighted by Crippen LogP contribution is 2.09. The van der Waals surface area contributed by atoms with E-state index in [0.717, 1.165) is 6.42 Å². The summed E-state index contributed by atoms with van der Waals surface area (Å²) in [5.74, 6) is -1.72. The van der Waals surface area contributed by atoms with Crippen molar-refractivity contribution < 1.29 is 14.7 Å². The van der Waals surface area contributed by atoms with Crippen LogP contribution in [0.4, 0.5) is 0 Å². The van der Waals surface area contributed by atoms with Crippen molar-refractivity contribution in [2.24, 2.45) is 11.7 Å². The number of hydrogen-bond acceptors (Lipinski definition) is 3. The van der Waals surface area contributed by atoms with Crippen molar-refractivity contribution in [2.75, 3.05) is 6.54 Å². The molecule has 4 N–H and O–H groups in total. The molecule has 0 heterocycles. The minimum atomic E-state index is -0.911. The molecular formula is C11H22N2O3. The monoisotopic (exact) mass is 230 g/mol. The van der Waals surface area contributed by atoms with Gasteiger partial charge in [0.05, 0.1) is 11.5 Å². The molecule has 0 aromatic heterocycles. The van der Waals surface area contributed by atoms with Crippen LogP contribution in [0.1, 0.15) is 40.0 Å². The molecular weight excluding hydrogens is 208 g/mol. The molecule has 0 spiro atoms. The van der Waals surface area contributed by atoms with Crippen LogP contribution in [0.25, 0.3) is 0 Å². The highest BCUT2D eigenvalue weighted by atomic mass is 16.4. The maximum atomic E-state index is 11.7. The highest BCUT2D eigenvalue weighted by Gasteiger charge is 2.28. The van der Waals surface area contributed by atoms with Crippen molar-refractivity contribution in [1.82, 2.24) is 5.32 Å². The van der Waals surface area contributed by atoms with Gasteiger partial charge < -0.3 is 16.2 Å². The Morgan fingerprint density at radius 3 is 2.38 bits per heavy atom. The van der Waals surface area contributed by atoms with E-state index in [-0.39, 0.29) is 12.5 Å². The summed E-state index contributed by atoms with van der Waals surface area (Å²) in [6.07, 6.45) is 1.89. The van der Waals surface area contributed by atoms with Crippen molar-refractivity contribution >= 4 is 11.9 Å². The van der Waals surface area contributed by atoms with Gasteiger partial charge in [-0.15, -0.1) is 0 Å². The first-order valence-corrected chi connectivity index (χ1v) is 5.65. The lowest BCUT2D eigenvalue weighted by atomic mass is 9.96. The number of nitrogens with one attached hydrogen (secondary N) is 1. The Bertz CT molecular complexity index is 252. The number of carboxylic acids is 1. The van der Waals surface area contributed by atoms with Crippen LogP contribution in [-0.2, 0) is 9.59 Å². The molecule has 2 unspecified atom stereocenters. The summed E-state index contributed by atoms with van der Waals surface area (Å²) in [7, 11) is 0. The maximum Gasteiger partial charge on any atom is 0.308 e. The summed E-state index contributed by atoms with van der Waals surface area (Å²) in [6.45, 7) is 5.53. The van der Waals surface area contributed by atoms with Gasteiger partial charge in [0.25, 0.3) is 0 Å². The molecule has 0 rings (SSSR count). The second-order valence-electron chi connectivity index (χ2n) is 4.32. The van der Waals surface area contributed by atoms with Gasteiger partial charge in [0, 0.05) is 6.54 Å². The van der Waals surface area contributed by atoms with E-state index in [9.17, 15) is 9.59 Å². The minimum absolute atomic E-state index is 0.140. The van der Waals surface area contributed by atoms with E-state index in [4.69, 9.17) is 10.8 Å². The second-order valence-corrected chi connectivity index (χ2v) is 4.32. The van der Waals surface area contributed by atoms with Gasteiger partial charge in [0.1, 0.15) is 0 Å². The van der Waals surface area contributed by atoms with Gasteiger partial charge in [-0.05, 0) is 19.8 Å². The van der Waals surface area contributed by atoms with Crippen LogP contribution in [0.3, 0.4) is 0 Å². The third kappa shape index (κ3) is 4.61. The zero-order chi connectivity index (χ0) is 12.8. The van der Waals surface area contributed by atoms with Crippen molar-refractivity contribution in [3.05, 3.63) is 0 Å². The molecule has 0 radical (unpaired) electrons. The molecule has 0 aliphatic heterocycles. The predicted octanol–water partition coefficient (Wildman–Crippen LogP) is 0.731. The average molecular weight is 230 g/mol. The number of nitrogens with two attached hydrogens (primary N) is 1. The fraction of sp³-hybridized carbons (Fsp3) is 0.818. The second kappa shape index (κ2) is 6.48. The van der Waals surface area contributed by atoms with Crippen LogP contribution < -0.4 is 11.1 Å². The normalized spacial score (nSPS) is 16.2. The summed E-state index contributed by atoms with van der Waals surface area (Å²) in [5.41, 5.74) is 4.90. The maximum absolute atomic E-state index is 11.7. The summed E-state index contributed by atoms with van der Waals surface area (Å²) < 4.78 is 0. The van der Waals surface area contributed by atoms with Crippen LogP contribution in [0, 0.1) is 5.92 Å². The van der Waals surface area contributed by atoms with E-state index in [1.807, 2.05) is 6.92 Å². The molecule has 0 saturated heterocycles. The van der Waals surface area contributed by atoms with E-state index >= 15 is 0 Å². The van der Waals surface area contributed by atoms with Gasteiger partial charge in [0.2, 0.25) is 5.91 Å². The Kier molecular flexibility index (Phi) is 6.03. The van der Waals surface area contributed by atoms with Crippen molar-refractivity contribution in [1.29, 1.82) is 0 Å². The van der Waals surface area contributed by atoms with Crippen molar-refractivity contribution in [3.63, 3.8) is 0 Å². The standard InChI is InChI=1S/C11H22N2O3/c1-4-6-11(3,12)10(16)13-7-8(5-2)9(14)15/h8H,4-7,12H2,1-3H3,(H,13,16)(H,14,15). The average Bonchev–Trinajstić information content (AvgIpc) is 2.17. The summed E-state index contributed by atoms with van der Waals surface area (Å²) in [6, 6.07) is 0. The number of rotatable bonds is 7. The molecule has 5 nitrogen and oxygen atoms in total. The number of carboxylic acid groups (broad SMARTS) is 1. The molecule has 0 fully saturated rings. The number of amides is 1. The van der Waals surface area contributed by atoms with Gasteiger partial charge in [-0.2, -0.15) is 0 Å². The quantitative estimate of drug-likeness (QED) is 0.601. The fourth-order valence-electron chi connectivity index (χ4n) is 1.46. The van der Waals surface area contributed by atoms with E-state index in [2.05, 4.69) is 5.32 Å². The first-order valence-electron chi connectivity index (χ1n) is 5.65. The Labute approximate surface area is 96.4 Å². The number of carbonyl (C=O) groups is 2. The van der Waals surface area contributed by atoms with E-state index in [0.29, 0.717) is 12.8 Å². The molecule has 0 aliphatic rings. The van der Waals surface area contributed by atoms with Crippen LogP contribution in [0.2, 0.25) is 0 Å². The first kappa shape index (κ1) is 14.9. The summed E-state index contributed by atoms with van der Waals surface area (Å²) in [4.78, 5) is 22.4. The number of aliphatic carboxylic acids is 1. The Hall–Kier alpha value is -1.10. The Morgan fingerprint density at radius 2 is 2.00 bits per heavy atom. The lowest BCUT2D eigenvalue weighted by molar-refractivity contribution is -0.141. The summed E-state index contributed by atoms with van der Waals surface area (Å²) >= 11 is 0.